The van der Waals surface area contributed by atoms with Crippen molar-refractivity contribution in [3.05, 3.63) is 0 Å². The van der Waals surface area contributed by atoms with Crippen molar-refractivity contribution in [2.75, 3.05) is 14.2 Å². The molecule has 0 radical (unpaired) electrons. The van der Waals surface area contributed by atoms with Crippen LogP contribution in [0, 0.1) is 0 Å². The topological polar surface area (TPSA) is 114 Å². The van der Waals surface area contributed by atoms with Gasteiger partial charge in [0.2, 0.25) is 6.10 Å². The minimum absolute atomic E-state index is 0.961. The second-order valence-electron chi connectivity index (χ2n) is 2.66. The predicted octanol–water partition coefficient (Wildman–Crippen LogP) is -2.20. The number of carbonyl (C=O) groups is 4. The number of methoxy groups -OCH3 is 2. The lowest BCUT2D eigenvalue weighted by molar-refractivity contribution is -0.162. The first-order valence-electron chi connectivity index (χ1n) is 4.22. The summed E-state index contributed by atoms with van der Waals surface area (Å²) in [4.78, 5) is 43.6. The van der Waals surface area contributed by atoms with Crippen LogP contribution in [0.25, 0.3) is 0 Å². The van der Waals surface area contributed by atoms with E-state index in [4.69, 9.17) is 0 Å². The van der Waals surface area contributed by atoms with Gasteiger partial charge in [0.05, 0.1) is 14.2 Å². The number of esters is 2. The van der Waals surface area contributed by atoms with Crippen molar-refractivity contribution in [3.63, 3.8) is 0 Å². The van der Waals surface area contributed by atoms with Gasteiger partial charge < -0.3 is 23.4 Å². The third-order valence-electron chi connectivity index (χ3n) is 1.64. The van der Waals surface area contributed by atoms with Crippen LogP contribution in [0.15, 0.2) is 0 Å². The van der Waals surface area contributed by atoms with Gasteiger partial charge in [-0.2, -0.15) is 0 Å². The predicted molar refractivity (Wildman–Crippen MR) is 46.8 cm³/mol. The van der Waals surface area contributed by atoms with Gasteiger partial charge in [-0.15, -0.1) is 0 Å². The number of carbonyl (C=O) groups excluding carboxylic acids is 4. The molecule has 0 aliphatic carbocycles. The van der Waals surface area contributed by atoms with E-state index in [2.05, 4.69) is 23.4 Å². The highest BCUT2D eigenvalue weighted by Gasteiger charge is 2.50. The first kappa shape index (κ1) is 13.0. The molecule has 9 nitrogen and oxygen atoms in total. The standard InChI is InChI=1S/C7H7BO9/c1-13-4(9)3-5(10)16-8(15-3)17-7(12)6(11)14-2/h3H,1-2H3. The smallest absolute Gasteiger partial charge is 0.471 e. The lowest BCUT2D eigenvalue weighted by atomic mass is 10.2. The maximum Gasteiger partial charge on any atom is 0.793 e. The summed E-state index contributed by atoms with van der Waals surface area (Å²) in [6, 6.07) is 0. The van der Waals surface area contributed by atoms with Gasteiger partial charge in [-0.25, -0.2) is 14.4 Å². The highest BCUT2D eigenvalue weighted by molar-refractivity contribution is 6.49. The molecule has 0 aromatic heterocycles. The Morgan fingerprint density at radius 2 is 1.82 bits per heavy atom. The van der Waals surface area contributed by atoms with E-state index in [0.29, 0.717) is 0 Å². The molecule has 1 fully saturated rings. The molecule has 1 heterocycles. The van der Waals surface area contributed by atoms with Crippen LogP contribution >= 0.6 is 0 Å². The fourth-order valence-corrected chi connectivity index (χ4v) is 0.881. The van der Waals surface area contributed by atoms with E-state index in [1.54, 1.807) is 0 Å². The zero-order valence-electron chi connectivity index (χ0n) is 8.83. The molecule has 0 aromatic rings. The molecule has 92 valence electrons. The number of hydrogen-bond acceptors (Lipinski definition) is 9. The van der Waals surface area contributed by atoms with Gasteiger partial charge in [0.1, 0.15) is 0 Å². The van der Waals surface area contributed by atoms with Gasteiger partial charge in [0.15, 0.2) is 0 Å². The molecule has 1 aliphatic rings. The van der Waals surface area contributed by atoms with Crippen LogP contribution in [0.4, 0.5) is 0 Å². The Bertz CT molecular complexity index is 364. The van der Waals surface area contributed by atoms with E-state index in [1.807, 2.05) is 0 Å². The molecule has 0 amide bonds. The molecule has 0 bridgehead atoms. The van der Waals surface area contributed by atoms with Crippen molar-refractivity contribution >= 4 is 31.2 Å². The Kier molecular flexibility index (Phi) is 4.04. The van der Waals surface area contributed by atoms with Gasteiger partial charge >= 0.3 is 31.2 Å². The van der Waals surface area contributed by atoms with E-state index in [9.17, 15) is 19.2 Å². The Morgan fingerprint density at radius 1 is 1.18 bits per heavy atom. The van der Waals surface area contributed by atoms with E-state index in [0.717, 1.165) is 14.2 Å². The average molecular weight is 246 g/mol. The Labute approximate surface area is 95.1 Å². The van der Waals surface area contributed by atoms with Gasteiger partial charge in [-0.3, -0.25) is 4.79 Å². The second-order valence-corrected chi connectivity index (χ2v) is 2.66. The molecule has 0 N–H and O–H groups in total. The third-order valence-corrected chi connectivity index (χ3v) is 1.64. The fraction of sp³-hybridized carbons (Fsp3) is 0.429. The summed E-state index contributed by atoms with van der Waals surface area (Å²) in [5, 5.41) is 0. The minimum atomic E-state index is -1.78. The molecule has 1 rings (SSSR count). The summed E-state index contributed by atoms with van der Waals surface area (Å²) >= 11 is 0. The molecule has 0 saturated carbocycles. The van der Waals surface area contributed by atoms with E-state index >= 15 is 0 Å². The zero-order valence-corrected chi connectivity index (χ0v) is 8.83. The highest BCUT2D eigenvalue weighted by atomic mass is 16.8. The molecular weight excluding hydrogens is 239 g/mol. The van der Waals surface area contributed by atoms with Crippen LogP contribution in [-0.4, -0.2) is 51.5 Å². The molecule has 1 aliphatic heterocycles. The lowest BCUT2D eigenvalue weighted by Gasteiger charge is -2.04. The first-order valence-corrected chi connectivity index (χ1v) is 4.22. The molecular formula is C7H7BO9. The Hall–Kier alpha value is -2.10. The summed E-state index contributed by atoms with van der Waals surface area (Å²) in [6.45, 7) is 0. The van der Waals surface area contributed by atoms with E-state index in [1.165, 1.54) is 0 Å². The van der Waals surface area contributed by atoms with Gasteiger partial charge in [0, 0.05) is 0 Å². The molecule has 1 saturated heterocycles. The monoisotopic (exact) mass is 246 g/mol. The van der Waals surface area contributed by atoms with Crippen molar-refractivity contribution in [3.8, 4) is 0 Å². The maximum absolute atomic E-state index is 11.1. The molecule has 1 unspecified atom stereocenters. The van der Waals surface area contributed by atoms with Crippen LogP contribution < -0.4 is 0 Å². The summed E-state index contributed by atoms with van der Waals surface area (Å²) in [7, 11) is 0.216. The number of ether oxygens (including phenoxy) is 2. The average Bonchev–Trinajstić information content (AvgIpc) is 2.67. The van der Waals surface area contributed by atoms with Crippen molar-refractivity contribution in [1.82, 2.24) is 0 Å². The quantitative estimate of drug-likeness (QED) is 0.231. The lowest BCUT2D eigenvalue weighted by Crippen LogP contribution is -2.32. The molecule has 17 heavy (non-hydrogen) atoms. The van der Waals surface area contributed by atoms with Crippen molar-refractivity contribution in [2.24, 2.45) is 0 Å². The largest absolute Gasteiger partial charge is 0.793 e. The third kappa shape index (κ3) is 2.94. The van der Waals surface area contributed by atoms with Gasteiger partial charge in [-0.05, 0) is 0 Å². The molecule has 10 heteroatoms. The zero-order chi connectivity index (χ0) is 13.0. The second kappa shape index (κ2) is 5.30. The van der Waals surface area contributed by atoms with Crippen LogP contribution in [0.3, 0.4) is 0 Å². The number of rotatable bonds is 2. The van der Waals surface area contributed by atoms with Crippen LogP contribution in [-0.2, 0) is 42.6 Å². The maximum atomic E-state index is 11.1. The SMILES string of the molecule is COC(=O)C(=O)OB1OC(=O)C(C(=O)OC)O1. The summed E-state index contributed by atoms with van der Waals surface area (Å²) in [5.74, 6) is -4.81. The summed E-state index contributed by atoms with van der Waals surface area (Å²) in [5.41, 5.74) is 0. The highest BCUT2D eigenvalue weighted by Crippen LogP contribution is 2.12. The summed E-state index contributed by atoms with van der Waals surface area (Å²) < 4.78 is 21.5. The van der Waals surface area contributed by atoms with Crippen molar-refractivity contribution in [2.45, 2.75) is 6.10 Å². The van der Waals surface area contributed by atoms with Crippen LogP contribution in [0.2, 0.25) is 0 Å². The van der Waals surface area contributed by atoms with E-state index in [-0.39, 0.29) is 0 Å². The van der Waals surface area contributed by atoms with Gasteiger partial charge in [0.25, 0.3) is 0 Å². The first-order chi connectivity index (χ1) is 7.99. The van der Waals surface area contributed by atoms with Crippen molar-refractivity contribution < 1.29 is 42.6 Å². The van der Waals surface area contributed by atoms with E-state index < -0.39 is 37.3 Å². The fourth-order valence-electron chi connectivity index (χ4n) is 0.881. The molecule has 0 spiro atoms. The van der Waals surface area contributed by atoms with Crippen LogP contribution in [0.1, 0.15) is 0 Å². The molecule has 1 atom stereocenters. The Morgan fingerprint density at radius 3 is 2.35 bits per heavy atom. The summed E-state index contributed by atoms with van der Waals surface area (Å²) in [6.07, 6.45) is -1.64. The normalized spacial score (nSPS) is 18.4. The van der Waals surface area contributed by atoms with Gasteiger partial charge in [-0.1, -0.05) is 0 Å². The van der Waals surface area contributed by atoms with Crippen LogP contribution in [0.5, 0.6) is 0 Å². The Balaban J connectivity index is 2.55. The van der Waals surface area contributed by atoms with Crippen molar-refractivity contribution in [1.29, 1.82) is 0 Å². The number of hydrogen-bond donors (Lipinski definition) is 0. The molecule has 0 aromatic carbocycles. The minimum Gasteiger partial charge on any atom is -0.471 e.